The van der Waals surface area contributed by atoms with E-state index in [2.05, 4.69) is 14.8 Å². The molecule has 0 unspecified atom stereocenters. The molecule has 0 amide bonds. The van der Waals surface area contributed by atoms with Gasteiger partial charge in [0.2, 0.25) is 0 Å². The van der Waals surface area contributed by atoms with Crippen LogP contribution in [0.1, 0.15) is 13.3 Å². The Morgan fingerprint density at radius 3 is 2.57 bits per heavy atom. The second kappa shape index (κ2) is 4.25. The van der Waals surface area contributed by atoms with Crippen LogP contribution >= 0.6 is 0 Å². The summed E-state index contributed by atoms with van der Waals surface area (Å²) in [6, 6.07) is 0.449. The predicted octanol–water partition coefficient (Wildman–Crippen LogP) is -0.228. The van der Waals surface area contributed by atoms with E-state index in [0.717, 1.165) is 13.9 Å². The zero-order valence-corrected chi connectivity index (χ0v) is 5.40. The molecular weight excluding hydrogens is 85.7 g/mol. The minimum atomic E-state index is 0.449. The molecule has 0 aliphatic heterocycles. The number of hydrogen-bond acceptors (Lipinski definition) is 1. The molecule has 0 aromatic rings. The quantitative estimate of drug-likeness (QED) is 0.443. The van der Waals surface area contributed by atoms with Gasteiger partial charge in [0, 0.05) is 6.00 Å². The highest BCUT2D eigenvalue weighted by Gasteiger charge is 1.92. The summed E-state index contributed by atoms with van der Waals surface area (Å²) in [6.07, 6.45) is 1.12. The molecule has 0 saturated heterocycles. The lowest BCUT2D eigenvalue weighted by Crippen LogP contribution is -2.11. The monoisotopic (exact) mass is 98.1 g/mol. The Balaban J connectivity index is 2.83. The van der Waals surface area contributed by atoms with Crippen LogP contribution in [0.25, 0.3) is 0 Å². The maximum Gasteiger partial charge on any atom is 0.271 e. The number of rotatable bonds is 3. The molecule has 0 heterocycles. The molecule has 1 atom stereocenters. The lowest BCUT2D eigenvalue weighted by molar-refractivity contribution is 0.294. The molecule has 0 aliphatic rings. The molecule has 7 heavy (non-hydrogen) atoms. The zero-order valence-electron chi connectivity index (χ0n) is 5.40. The lowest BCUT2D eigenvalue weighted by Gasteiger charge is -2.05. The zero-order chi connectivity index (χ0) is 5.70. The first-order chi connectivity index (χ1) is 3.31. The van der Waals surface area contributed by atoms with E-state index in [1.807, 2.05) is 6.82 Å². The molecule has 0 aliphatic carbocycles. The highest BCUT2D eigenvalue weighted by atomic mass is 16.4. The Hall–Kier alpha value is 0.0899. The van der Waals surface area contributed by atoms with Crippen molar-refractivity contribution in [1.29, 1.82) is 0 Å². The average molecular weight is 97.8 g/mol. The van der Waals surface area contributed by atoms with Gasteiger partial charge in [-0.15, -0.1) is 0 Å². The van der Waals surface area contributed by atoms with Crippen LogP contribution in [0.15, 0.2) is 0 Å². The maximum absolute atomic E-state index is 5.19. The molecule has 1 nitrogen and oxygen atoms in total. The molecular formula is C4H12B2O. The summed E-state index contributed by atoms with van der Waals surface area (Å²) in [5.41, 5.74) is 0. The highest BCUT2D eigenvalue weighted by Crippen LogP contribution is 1.87. The molecule has 0 aromatic heterocycles. The van der Waals surface area contributed by atoms with Gasteiger partial charge in [-0.05, 0) is 6.42 Å². The third kappa shape index (κ3) is 3.93. The van der Waals surface area contributed by atoms with Gasteiger partial charge < -0.3 is 4.65 Å². The van der Waals surface area contributed by atoms with Gasteiger partial charge in [-0.25, -0.2) is 0 Å². The van der Waals surface area contributed by atoms with Gasteiger partial charge >= 0.3 is 0 Å². The van der Waals surface area contributed by atoms with Crippen molar-refractivity contribution in [1.82, 2.24) is 0 Å². The summed E-state index contributed by atoms with van der Waals surface area (Å²) >= 11 is 0. The summed E-state index contributed by atoms with van der Waals surface area (Å²) in [6.45, 7) is 4.15. The Morgan fingerprint density at radius 2 is 2.43 bits per heavy atom. The predicted molar refractivity (Wildman–Crippen MR) is 36.7 cm³/mol. The summed E-state index contributed by atoms with van der Waals surface area (Å²) in [5, 5.41) is 0. The topological polar surface area (TPSA) is 9.23 Å². The molecule has 0 N–H and O–H groups in total. The first kappa shape index (κ1) is 7.09. The lowest BCUT2D eigenvalue weighted by atomic mass is 9.94. The van der Waals surface area contributed by atoms with Gasteiger partial charge in [-0.3, -0.25) is 0 Å². The summed E-state index contributed by atoms with van der Waals surface area (Å²) in [5.74, 6) is 0. The molecule has 0 saturated carbocycles. The number of hydrogen-bond donors (Lipinski definition) is 0. The third-order valence-electron chi connectivity index (χ3n) is 1.03. The van der Waals surface area contributed by atoms with E-state index in [4.69, 9.17) is 4.65 Å². The van der Waals surface area contributed by atoms with Crippen molar-refractivity contribution < 1.29 is 4.65 Å². The smallest absolute Gasteiger partial charge is 0.271 e. The second-order valence-corrected chi connectivity index (χ2v) is 1.67. The van der Waals surface area contributed by atoms with E-state index in [-0.39, 0.29) is 0 Å². The first-order valence-electron chi connectivity index (χ1n) is 2.92. The van der Waals surface area contributed by atoms with Crippen LogP contribution in [-0.4, -0.2) is 21.3 Å². The van der Waals surface area contributed by atoms with E-state index in [9.17, 15) is 0 Å². The summed E-state index contributed by atoms with van der Waals surface area (Å²) < 4.78 is 5.19. The van der Waals surface area contributed by atoms with Gasteiger partial charge in [0.05, 0.1) is 0 Å². The van der Waals surface area contributed by atoms with Gasteiger partial charge in [-0.1, -0.05) is 13.7 Å². The molecule has 0 rings (SSSR count). The molecule has 0 aromatic carbocycles. The van der Waals surface area contributed by atoms with Crippen LogP contribution in [0.2, 0.25) is 6.82 Å². The van der Waals surface area contributed by atoms with Crippen molar-refractivity contribution in [2.45, 2.75) is 26.2 Å². The Morgan fingerprint density at radius 1 is 1.86 bits per heavy atom. The van der Waals surface area contributed by atoms with Crippen LogP contribution in [0.5, 0.6) is 0 Å². The maximum atomic E-state index is 5.19. The Kier molecular flexibility index (Phi) is 4.31. The standard InChI is InChI=1S/C4H12B2O/c1-3-4(5)7-6-2/h4,6H,3,5H2,1-2H3/t4-/m0/s1. The largest absolute Gasteiger partial charge is 0.445 e. The molecule has 0 fully saturated rings. The minimum absolute atomic E-state index is 0.449. The van der Waals surface area contributed by atoms with E-state index < -0.39 is 0 Å². The van der Waals surface area contributed by atoms with Gasteiger partial charge in [0.25, 0.3) is 7.48 Å². The minimum Gasteiger partial charge on any atom is -0.445 e. The Labute approximate surface area is 47.1 Å². The van der Waals surface area contributed by atoms with E-state index in [1.54, 1.807) is 0 Å². The normalized spacial score (nSPS) is 13.4. The highest BCUT2D eigenvalue weighted by molar-refractivity contribution is 6.26. The van der Waals surface area contributed by atoms with Crippen LogP contribution in [0.3, 0.4) is 0 Å². The van der Waals surface area contributed by atoms with E-state index in [0.29, 0.717) is 6.00 Å². The van der Waals surface area contributed by atoms with Crippen LogP contribution < -0.4 is 0 Å². The van der Waals surface area contributed by atoms with Crippen LogP contribution in [-0.2, 0) is 4.65 Å². The van der Waals surface area contributed by atoms with Crippen LogP contribution in [0.4, 0.5) is 0 Å². The van der Waals surface area contributed by atoms with Crippen molar-refractivity contribution in [2.24, 2.45) is 0 Å². The second-order valence-electron chi connectivity index (χ2n) is 1.67. The Bertz CT molecular complexity index is 40.7. The van der Waals surface area contributed by atoms with Gasteiger partial charge in [0.1, 0.15) is 7.85 Å². The molecule has 0 spiro atoms. The van der Waals surface area contributed by atoms with Gasteiger partial charge in [-0.2, -0.15) is 0 Å². The SMILES string of the molecule is B[C@H](CC)OBC. The summed E-state index contributed by atoms with van der Waals surface area (Å²) in [4.78, 5) is 0. The molecule has 0 bridgehead atoms. The van der Waals surface area contributed by atoms with Gasteiger partial charge in [0.15, 0.2) is 0 Å². The van der Waals surface area contributed by atoms with Crippen LogP contribution in [0, 0.1) is 0 Å². The van der Waals surface area contributed by atoms with Crippen molar-refractivity contribution >= 4 is 15.3 Å². The van der Waals surface area contributed by atoms with Crippen molar-refractivity contribution in [2.75, 3.05) is 0 Å². The first-order valence-corrected chi connectivity index (χ1v) is 2.92. The molecule has 3 heteroatoms. The fraction of sp³-hybridized carbons (Fsp3) is 1.00. The molecule has 40 valence electrons. The third-order valence-corrected chi connectivity index (χ3v) is 1.03. The fourth-order valence-corrected chi connectivity index (χ4v) is 0.402. The van der Waals surface area contributed by atoms with Crippen molar-refractivity contribution in [3.63, 3.8) is 0 Å². The molecule has 0 radical (unpaired) electrons. The summed E-state index contributed by atoms with van der Waals surface area (Å²) in [7, 11) is 2.93. The van der Waals surface area contributed by atoms with Crippen molar-refractivity contribution in [3.8, 4) is 0 Å². The fourth-order valence-electron chi connectivity index (χ4n) is 0.402. The average Bonchev–Trinajstić information content (AvgIpc) is 1.68. The van der Waals surface area contributed by atoms with Crippen molar-refractivity contribution in [3.05, 3.63) is 0 Å². The van der Waals surface area contributed by atoms with E-state index >= 15 is 0 Å². The van der Waals surface area contributed by atoms with E-state index in [1.165, 1.54) is 0 Å².